The van der Waals surface area contributed by atoms with E-state index in [1.807, 2.05) is 49.3 Å². The van der Waals surface area contributed by atoms with Crippen molar-refractivity contribution in [3.63, 3.8) is 0 Å². The van der Waals surface area contributed by atoms with Gasteiger partial charge in [0.2, 0.25) is 0 Å². The van der Waals surface area contributed by atoms with Gasteiger partial charge in [-0.2, -0.15) is 0 Å². The quantitative estimate of drug-likeness (QED) is 0.444. The number of methoxy groups -OCH3 is 1. The molecule has 0 spiro atoms. The molecule has 1 aliphatic heterocycles. The number of carbonyl (C=O) groups is 2. The molecule has 0 radical (unpaired) electrons. The number of carbonyl (C=O) groups excluding carboxylic acids is 2. The molecule has 152 valence electrons. The van der Waals surface area contributed by atoms with Gasteiger partial charge in [0.25, 0.3) is 11.7 Å². The highest BCUT2D eigenvalue weighted by atomic mass is 16.5. The van der Waals surface area contributed by atoms with Crippen molar-refractivity contribution in [1.29, 1.82) is 0 Å². The highest BCUT2D eigenvalue weighted by molar-refractivity contribution is 6.46. The Labute approximate surface area is 171 Å². The van der Waals surface area contributed by atoms with Gasteiger partial charge < -0.3 is 19.6 Å². The van der Waals surface area contributed by atoms with E-state index in [9.17, 15) is 14.7 Å². The first-order chi connectivity index (χ1) is 13.9. The molecule has 0 aromatic heterocycles. The van der Waals surface area contributed by atoms with Crippen LogP contribution >= 0.6 is 0 Å². The zero-order valence-electron chi connectivity index (χ0n) is 17.0. The van der Waals surface area contributed by atoms with Crippen molar-refractivity contribution in [3.8, 4) is 5.75 Å². The van der Waals surface area contributed by atoms with Crippen molar-refractivity contribution < 1.29 is 19.4 Å². The Morgan fingerprint density at radius 3 is 2.31 bits per heavy atom. The molecule has 1 unspecified atom stereocenters. The lowest BCUT2D eigenvalue weighted by Crippen LogP contribution is -2.32. The maximum atomic E-state index is 12.9. The van der Waals surface area contributed by atoms with Crippen molar-refractivity contribution in [3.05, 3.63) is 71.3 Å². The third-order valence-electron chi connectivity index (χ3n) is 5.02. The minimum atomic E-state index is -0.656. The molecule has 3 rings (SSSR count). The van der Waals surface area contributed by atoms with E-state index in [0.717, 1.165) is 18.5 Å². The first kappa shape index (κ1) is 20.6. The van der Waals surface area contributed by atoms with Gasteiger partial charge in [0.15, 0.2) is 0 Å². The van der Waals surface area contributed by atoms with Gasteiger partial charge in [-0.1, -0.05) is 30.3 Å². The van der Waals surface area contributed by atoms with Crippen molar-refractivity contribution in [2.24, 2.45) is 0 Å². The molecule has 0 bridgehead atoms. The first-order valence-electron chi connectivity index (χ1n) is 9.56. The standard InChI is InChI=1S/C23H26N2O4/c1-24(2)14-7-15-25-20(16-8-5-4-6-9-16)19(22(27)23(25)28)21(26)17-10-12-18(29-3)13-11-17/h4-6,8-13,20,26H,7,14-15H2,1-3H3/b21-19-. The topological polar surface area (TPSA) is 70.1 Å². The summed E-state index contributed by atoms with van der Waals surface area (Å²) in [7, 11) is 5.49. The van der Waals surface area contributed by atoms with Crippen LogP contribution in [0.25, 0.3) is 5.76 Å². The van der Waals surface area contributed by atoms with Crippen LogP contribution in [0, 0.1) is 0 Å². The Hall–Kier alpha value is -3.12. The second kappa shape index (κ2) is 8.92. The fourth-order valence-corrected chi connectivity index (χ4v) is 3.55. The van der Waals surface area contributed by atoms with E-state index in [0.29, 0.717) is 17.9 Å². The van der Waals surface area contributed by atoms with Gasteiger partial charge >= 0.3 is 0 Å². The summed E-state index contributed by atoms with van der Waals surface area (Å²) >= 11 is 0. The van der Waals surface area contributed by atoms with E-state index in [2.05, 4.69) is 0 Å². The van der Waals surface area contributed by atoms with E-state index >= 15 is 0 Å². The summed E-state index contributed by atoms with van der Waals surface area (Å²) < 4.78 is 5.15. The molecule has 29 heavy (non-hydrogen) atoms. The monoisotopic (exact) mass is 394 g/mol. The van der Waals surface area contributed by atoms with Crippen LogP contribution in [0.15, 0.2) is 60.2 Å². The summed E-state index contributed by atoms with van der Waals surface area (Å²) in [6, 6.07) is 15.5. The fraction of sp³-hybridized carbons (Fsp3) is 0.304. The van der Waals surface area contributed by atoms with E-state index in [-0.39, 0.29) is 11.3 Å². The molecule has 6 nitrogen and oxygen atoms in total. The number of rotatable bonds is 7. The second-order valence-electron chi connectivity index (χ2n) is 7.29. The molecule has 1 saturated heterocycles. The van der Waals surface area contributed by atoms with Gasteiger partial charge in [-0.25, -0.2) is 0 Å². The smallest absolute Gasteiger partial charge is 0.295 e. The molecule has 1 aliphatic rings. The molecule has 6 heteroatoms. The molecule has 2 aromatic carbocycles. The number of ketones is 1. The lowest BCUT2D eigenvalue weighted by molar-refractivity contribution is -0.139. The lowest BCUT2D eigenvalue weighted by atomic mass is 9.95. The number of hydrogen-bond acceptors (Lipinski definition) is 5. The summed E-state index contributed by atoms with van der Waals surface area (Å²) in [5.74, 6) is -0.759. The normalized spacial score (nSPS) is 18.5. The Morgan fingerprint density at radius 1 is 1.07 bits per heavy atom. The second-order valence-corrected chi connectivity index (χ2v) is 7.29. The van der Waals surface area contributed by atoms with Gasteiger partial charge in [0.05, 0.1) is 18.7 Å². The van der Waals surface area contributed by atoms with Crippen LogP contribution in [-0.4, -0.2) is 60.9 Å². The number of nitrogens with zero attached hydrogens (tertiary/aromatic N) is 2. The minimum absolute atomic E-state index is 0.121. The van der Waals surface area contributed by atoms with Crippen molar-refractivity contribution in [1.82, 2.24) is 9.80 Å². The molecule has 0 aliphatic carbocycles. The Morgan fingerprint density at radius 2 is 1.72 bits per heavy atom. The zero-order valence-corrected chi connectivity index (χ0v) is 17.0. The Kier molecular flexibility index (Phi) is 6.34. The number of amides is 1. The molecule has 1 N–H and O–H groups in total. The maximum absolute atomic E-state index is 12.9. The number of likely N-dealkylation sites (tertiary alicyclic amines) is 1. The van der Waals surface area contributed by atoms with Crippen LogP contribution in [0.5, 0.6) is 5.75 Å². The summed E-state index contributed by atoms with van der Waals surface area (Å²) in [6.45, 7) is 1.23. The summed E-state index contributed by atoms with van der Waals surface area (Å²) in [6.07, 6.45) is 0.728. The minimum Gasteiger partial charge on any atom is -0.507 e. The summed E-state index contributed by atoms with van der Waals surface area (Å²) in [5.41, 5.74) is 1.39. The van der Waals surface area contributed by atoms with E-state index in [1.54, 1.807) is 36.3 Å². The number of aliphatic hydroxyl groups is 1. The number of ether oxygens (including phenoxy) is 1. The molecule has 2 aromatic rings. The summed E-state index contributed by atoms with van der Waals surface area (Å²) in [5, 5.41) is 11.0. The van der Waals surface area contributed by atoms with Gasteiger partial charge in [0, 0.05) is 12.1 Å². The SMILES string of the molecule is COc1ccc(/C(O)=C2/C(=O)C(=O)N(CCCN(C)C)C2c2ccccc2)cc1. The molecule has 1 amide bonds. The van der Waals surface area contributed by atoms with Crippen LogP contribution in [-0.2, 0) is 9.59 Å². The van der Waals surface area contributed by atoms with Crippen LogP contribution < -0.4 is 4.74 Å². The van der Waals surface area contributed by atoms with Crippen LogP contribution in [0.3, 0.4) is 0 Å². The largest absolute Gasteiger partial charge is 0.507 e. The van der Waals surface area contributed by atoms with Crippen LogP contribution in [0.4, 0.5) is 0 Å². The van der Waals surface area contributed by atoms with E-state index < -0.39 is 17.7 Å². The predicted molar refractivity (Wildman–Crippen MR) is 112 cm³/mol. The average Bonchev–Trinajstić information content (AvgIpc) is 2.98. The van der Waals surface area contributed by atoms with E-state index in [4.69, 9.17) is 4.74 Å². The molecule has 1 heterocycles. The van der Waals surface area contributed by atoms with Gasteiger partial charge in [-0.15, -0.1) is 0 Å². The van der Waals surface area contributed by atoms with Gasteiger partial charge in [0.1, 0.15) is 11.5 Å². The van der Waals surface area contributed by atoms with E-state index in [1.165, 1.54) is 0 Å². The molecular formula is C23H26N2O4. The first-order valence-corrected chi connectivity index (χ1v) is 9.56. The Bertz CT molecular complexity index is 904. The molecule has 1 fully saturated rings. The number of benzene rings is 2. The number of hydrogen-bond donors (Lipinski definition) is 1. The maximum Gasteiger partial charge on any atom is 0.295 e. The van der Waals surface area contributed by atoms with Crippen molar-refractivity contribution in [2.45, 2.75) is 12.5 Å². The van der Waals surface area contributed by atoms with Crippen LogP contribution in [0.2, 0.25) is 0 Å². The van der Waals surface area contributed by atoms with Crippen molar-refractivity contribution in [2.75, 3.05) is 34.3 Å². The number of aliphatic hydroxyl groups excluding tert-OH is 1. The Balaban J connectivity index is 2.05. The highest BCUT2D eigenvalue weighted by Crippen LogP contribution is 2.39. The van der Waals surface area contributed by atoms with Gasteiger partial charge in [-0.05, 0) is 56.9 Å². The number of Topliss-reactive ketones (excluding diaryl/α,β-unsaturated/α-hetero) is 1. The third-order valence-corrected chi connectivity index (χ3v) is 5.02. The fourth-order valence-electron chi connectivity index (χ4n) is 3.55. The lowest BCUT2D eigenvalue weighted by Gasteiger charge is -2.26. The molecule has 1 atom stereocenters. The summed E-state index contributed by atoms with van der Waals surface area (Å²) in [4.78, 5) is 29.3. The molecule has 0 saturated carbocycles. The molecular weight excluding hydrogens is 368 g/mol. The van der Waals surface area contributed by atoms with Gasteiger partial charge in [-0.3, -0.25) is 9.59 Å². The third kappa shape index (κ3) is 4.32. The highest BCUT2D eigenvalue weighted by Gasteiger charge is 2.45. The van der Waals surface area contributed by atoms with Crippen molar-refractivity contribution >= 4 is 17.4 Å². The van der Waals surface area contributed by atoms with Crippen LogP contribution in [0.1, 0.15) is 23.6 Å². The zero-order chi connectivity index (χ0) is 21.0. The predicted octanol–water partition coefficient (Wildman–Crippen LogP) is 3.07. The average molecular weight is 394 g/mol.